The van der Waals surface area contributed by atoms with Crippen LogP contribution in [-0.4, -0.2) is 4.92 Å². The summed E-state index contributed by atoms with van der Waals surface area (Å²) in [4.78, 5) is 10.6. The van der Waals surface area contributed by atoms with Gasteiger partial charge in [0.1, 0.15) is 0 Å². The fourth-order valence-electron chi connectivity index (χ4n) is 2.43. The quantitative estimate of drug-likeness (QED) is 0.559. The van der Waals surface area contributed by atoms with Crippen LogP contribution in [0.1, 0.15) is 11.1 Å². The average Bonchev–Trinajstić information content (AvgIpc) is 2.62. The van der Waals surface area contributed by atoms with Crippen molar-refractivity contribution in [3.05, 3.63) is 50.5 Å². The van der Waals surface area contributed by atoms with Gasteiger partial charge >= 0.3 is 0 Å². The van der Waals surface area contributed by atoms with Crippen LogP contribution < -0.4 is 0 Å². The van der Waals surface area contributed by atoms with Crippen molar-refractivity contribution in [3.63, 3.8) is 0 Å². The van der Waals surface area contributed by atoms with Crippen molar-refractivity contribution in [1.82, 2.24) is 0 Å². The van der Waals surface area contributed by atoms with E-state index in [-0.39, 0.29) is 10.6 Å². The van der Waals surface area contributed by atoms with Gasteiger partial charge in [0.2, 0.25) is 0 Å². The molecule has 2 aromatic rings. The number of nitro groups is 1. The number of aryl methyl sites for hydroxylation is 2. The maximum Gasteiger partial charge on any atom is 0.277 e. The maximum absolute atomic E-state index is 10.9. The van der Waals surface area contributed by atoms with Crippen molar-refractivity contribution < 1.29 is 4.92 Å². The molecule has 3 rings (SSSR count). The lowest BCUT2D eigenvalue weighted by Crippen LogP contribution is -1.91. The van der Waals surface area contributed by atoms with E-state index in [9.17, 15) is 10.1 Å². The van der Waals surface area contributed by atoms with Gasteiger partial charge in [0.25, 0.3) is 5.69 Å². The fourth-order valence-corrected chi connectivity index (χ4v) is 2.67. The monoisotopic (exact) mass is 233 g/mol. The topological polar surface area (TPSA) is 43.1 Å². The van der Waals surface area contributed by atoms with Gasteiger partial charge in [-0.1, -0.05) is 17.7 Å². The molecule has 4 heteroatoms. The first-order valence-electron chi connectivity index (χ1n) is 5.05. The van der Waals surface area contributed by atoms with E-state index in [1.807, 2.05) is 12.1 Å². The highest BCUT2D eigenvalue weighted by molar-refractivity contribution is 6.31. The van der Waals surface area contributed by atoms with Crippen molar-refractivity contribution in [2.45, 2.75) is 12.8 Å². The van der Waals surface area contributed by atoms with E-state index in [1.165, 1.54) is 5.56 Å². The third-order valence-electron chi connectivity index (χ3n) is 3.08. The van der Waals surface area contributed by atoms with E-state index in [2.05, 4.69) is 0 Å². The smallest absolute Gasteiger partial charge is 0.258 e. The summed E-state index contributed by atoms with van der Waals surface area (Å²) in [6.07, 6.45) is 1.87. The van der Waals surface area contributed by atoms with Crippen LogP contribution >= 0.6 is 11.6 Å². The second-order valence-corrected chi connectivity index (χ2v) is 4.42. The third-order valence-corrected chi connectivity index (χ3v) is 3.30. The Morgan fingerprint density at radius 2 is 1.94 bits per heavy atom. The molecule has 0 unspecified atom stereocenters. The predicted octanol–water partition coefficient (Wildman–Crippen LogP) is 3.50. The summed E-state index contributed by atoms with van der Waals surface area (Å²) >= 11 is 5.98. The number of rotatable bonds is 1. The summed E-state index contributed by atoms with van der Waals surface area (Å²) in [5, 5.41) is 13.2. The Kier molecular flexibility index (Phi) is 1.91. The summed E-state index contributed by atoms with van der Waals surface area (Å²) in [7, 11) is 0. The molecule has 0 radical (unpaired) electrons. The first-order chi connectivity index (χ1) is 7.66. The number of hydrogen-bond acceptors (Lipinski definition) is 2. The summed E-state index contributed by atoms with van der Waals surface area (Å²) < 4.78 is 0. The molecule has 1 aliphatic rings. The fraction of sp³-hybridized carbons (Fsp3) is 0.167. The summed E-state index contributed by atoms with van der Waals surface area (Å²) in [5.74, 6) is 0. The molecule has 0 bridgehead atoms. The van der Waals surface area contributed by atoms with Crippen LogP contribution in [0.3, 0.4) is 0 Å². The first-order valence-corrected chi connectivity index (χ1v) is 5.43. The summed E-state index contributed by atoms with van der Waals surface area (Å²) in [5.41, 5.74) is 2.46. The summed E-state index contributed by atoms with van der Waals surface area (Å²) in [6.45, 7) is 0. The SMILES string of the molecule is O=[N+]([O-])c1ccc2c3c(cc(Cl)cc13)CC2. The van der Waals surface area contributed by atoms with Crippen molar-refractivity contribution in [2.24, 2.45) is 0 Å². The van der Waals surface area contributed by atoms with Gasteiger partial charge in [-0.3, -0.25) is 10.1 Å². The highest BCUT2D eigenvalue weighted by atomic mass is 35.5. The predicted molar refractivity (Wildman–Crippen MR) is 63.0 cm³/mol. The van der Waals surface area contributed by atoms with Gasteiger partial charge < -0.3 is 0 Å². The minimum atomic E-state index is -0.350. The molecule has 1 aliphatic carbocycles. The van der Waals surface area contributed by atoms with Crippen LogP contribution in [0.25, 0.3) is 10.8 Å². The molecule has 0 N–H and O–H groups in total. The number of benzene rings is 2. The van der Waals surface area contributed by atoms with E-state index >= 15 is 0 Å². The number of non-ortho nitro benzene ring substituents is 1. The molecule has 0 heterocycles. The minimum Gasteiger partial charge on any atom is -0.258 e. The Morgan fingerprint density at radius 3 is 2.69 bits per heavy atom. The van der Waals surface area contributed by atoms with Crippen LogP contribution in [-0.2, 0) is 12.8 Å². The van der Waals surface area contributed by atoms with Crippen molar-refractivity contribution >= 4 is 28.1 Å². The molecular formula is C12H8ClNO2. The third kappa shape index (κ3) is 1.21. The largest absolute Gasteiger partial charge is 0.277 e. The van der Waals surface area contributed by atoms with Crippen LogP contribution in [0.4, 0.5) is 5.69 Å². The van der Waals surface area contributed by atoms with Crippen molar-refractivity contribution in [1.29, 1.82) is 0 Å². The van der Waals surface area contributed by atoms with Gasteiger partial charge in [-0.2, -0.15) is 0 Å². The Bertz CT molecular complexity index is 622. The first kappa shape index (κ1) is 9.60. The van der Waals surface area contributed by atoms with E-state index in [1.54, 1.807) is 12.1 Å². The zero-order valence-corrected chi connectivity index (χ0v) is 9.12. The lowest BCUT2D eigenvalue weighted by Gasteiger charge is -2.03. The molecule has 16 heavy (non-hydrogen) atoms. The molecule has 0 fully saturated rings. The second kappa shape index (κ2) is 3.19. The van der Waals surface area contributed by atoms with E-state index < -0.39 is 0 Å². The van der Waals surface area contributed by atoms with Gasteiger partial charge in [-0.15, -0.1) is 0 Å². The van der Waals surface area contributed by atoms with Crippen LogP contribution in [0.15, 0.2) is 24.3 Å². The van der Waals surface area contributed by atoms with E-state index in [0.717, 1.165) is 23.8 Å². The zero-order chi connectivity index (χ0) is 11.3. The lowest BCUT2D eigenvalue weighted by atomic mass is 10.0. The summed E-state index contributed by atoms with van der Waals surface area (Å²) in [6, 6.07) is 7.02. The lowest BCUT2D eigenvalue weighted by molar-refractivity contribution is -0.383. The van der Waals surface area contributed by atoms with Crippen molar-refractivity contribution in [2.75, 3.05) is 0 Å². The molecule has 0 aromatic heterocycles. The molecule has 0 aliphatic heterocycles. The van der Waals surface area contributed by atoms with Gasteiger partial charge in [-0.05, 0) is 41.5 Å². The highest BCUT2D eigenvalue weighted by Gasteiger charge is 2.21. The molecular weight excluding hydrogens is 226 g/mol. The highest BCUT2D eigenvalue weighted by Crippen LogP contribution is 2.37. The average molecular weight is 234 g/mol. The molecule has 0 amide bonds. The van der Waals surface area contributed by atoms with Crippen LogP contribution in [0.5, 0.6) is 0 Å². The van der Waals surface area contributed by atoms with Gasteiger partial charge in [-0.25, -0.2) is 0 Å². The Morgan fingerprint density at radius 1 is 1.19 bits per heavy atom. The standard InChI is InChI=1S/C12H8ClNO2/c13-9-5-8-2-1-7-3-4-11(14(15)16)10(6-9)12(7)8/h3-6H,1-2H2. The molecule has 2 aromatic carbocycles. The Balaban J connectivity index is 2.49. The normalized spacial score (nSPS) is 13.3. The second-order valence-electron chi connectivity index (χ2n) is 3.99. The molecule has 0 saturated carbocycles. The number of hydrogen-bond donors (Lipinski definition) is 0. The van der Waals surface area contributed by atoms with E-state index in [0.29, 0.717) is 10.4 Å². The zero-order valence-electron chi connectivity index (χ0n) is 8.37. The van der Waals surface area contributed by atoms with Crippen LogP contribution in [0.2, 0.25) is 5.02 Å². The number of nitro benzene ring substituents is 1. The van der Waals surface area contributed by atoms with Crippen molar-refractivity contribution in [3.8, 4) is 0 Å². The Hall–Kier alpha value is -1.61. The molecule has 0 atom stereocenters. The van der Waals surface area contributed by atoms with E-state index in [4.69, 9.17) is 11.6 Å². The van der Waals surface area contributed by atoms with Gasteiger partial charge in [0.05, 0.1) is 10.3 Å². The molecule has 0 saturated heterocycles. The number of halogens is 1. The number of nitrogens with zero attached hydrogens (tertiary/aromatic N) is 1. The molecule has 80 valence electrons. The van der Waals surface area contributed by atoms with Crippen LogP contribution in [0, 0.1) is 10.1 Å². The Labute approximate surface area is 96.8 Å². The molecule has 3 nitrogen and oxygen atoms in total. The minimum absolute atomic E-state index is 0.143. The van der Waals surface area contributed by atoms with Gasteiger partial charge in [0, 0.05) is 11.1 Å². The maximum atomic E-state index is 10.9. The molecule has 0 spiro atoms. The van der Waals surface area contributed by atoms with Gasteiger partial charge in [0.15, 0.2) is 0 Å².